The van der Waals surface area contributed by atoms with E-state index in [9.17, 15) is 14.7 Å². The van der Waals surface area contributed by atoms with Gasteiger partial charge in [0.2, 0.25) is 0 Å². The first kappa shape index (κ1) is 16.5. The monoisotopic (exact) mass is 284 g/mol. The SMILES string of the molecule is C=C(C)COCCNC(=O)N1CCCCC1(C)C(=O)O. The number of nitrogens with zero attached hydrogens (tertiary/aromatic N) is 1. The van der Waals surface area contributed by atoms with E-state index in [0.717, 1.165) is 18.4 Å². The first-order chi connectivity index (χ1) is 9.38. The van der Waals surface area contributed by atoms with Crippen molar-refractivity contribution in [3.05, 3.63) is 12.2 Å². The number of amides is 2. The molecule has 1 saturated heterocycles. The topological polar surface area (TPSA) is 78.9 Å². The molecule has 0 aromatic heterocycles. The van der Waals surface area contributed by atoms with Gasteiger partial charge in [0.15, 0.2) is 0 Å². The van der Waals surface area contributed by atoms with Crippen LogP contribution in [0.4, 0.5) is 4.79 Å². The van der Waals surface area contributed by atoms with E-state index >= 15 is 0 Å². The number of nitrogens with one attached hydrogen (secondary N) is 1. The van der Waals surface area contributed by atoms with Crippen molar-refractivity contribution < 1.29 is 19.4 Å². The third kappa shape index (κ3) is 4.23. The number of ether oxygens (including phenoxy) is 1. The molecular formula is C14H24N2O4. The molecule has 0 spiro atoms. The molecule has 1 atom stereocenters. The smallest absolute Gasteiger partial charge is 0.329 e. The van der Waals surface area contributed by atoms with Crippen molar-refractivity contribution >= 4 is 12.0 Å². The Morgan fingerprint density at radius 3 is 2.75 bits per heavy atom. The van der Waals surface area contributed by atoms with Crippen molar-refractivity contribution in [2.45, 2.75) is 38.6 Å². The molecule has 6 heteroatoms. The minimum atomic E-state index is -1.11. The number of rotatable bonds is 6. The Kier molecular flexibility index (Phi) is 6.01. The van der Waals surface area contributed by atoms with Crippen LogP contribution in [0, 0.1) is 0 Å². The number of likely N-dealkylation sites (tertiary alicyclic amines) is 1. The molecule has 1 aliphatic rings. The lowest BCUT2D eigenvalue weighted by Gasteiger charge is -2.41. The van der Waals surface area contributed by atoms with Crippen LogP contribution in [-0.2, 0) is 9.53 Å². The summed E-state index contributed by atoms with van der Waals surface area (Å²) in [5.41, 5.74) is -0.188. The van der Waals surface area contributed by atoms with Crippen LogP contribution in [0.1, 0.15) is 33.1 Å². The van der Waals surface area contributed by atoms with E-state index < -0.39 is 11.5 Å². The van der Waals surface area contributed by atoms with E-state index in [4.69, 9.17) is 4.74 Å². The minimum absolute atomic E-state index is 0.339. The molecule has 114 valence electrons. The second-order valence-electron chi connectivity index (χ2n) is 5.43. The van der Waals surface area contributed by atoms with E-state index in [1.807, 2.05) is 6.92 Å². The van der Waals surface area contributed by atoms with Gasteiger partial charge < -0.3 is 20.1 Å². The zero-order chi connectivity index (χ0) is 15.2. The van der Waals surface area contributed by atoms with E-state index in [1.54, 1.807) is 6.92 Å². The van der Waals surface area contributed by atoms with Gasteiger partial charge in [-0.05, 0) is 33.1 Å². The van der Waals surface area contributed by atoms with Gasteiger partial charge in [0.25, 0.3) is 0 Å². The summed E-state index contributed by atoms with van der Waals surface area (Å²) < 4.78 is 5.28. The van der Waals surface area contributed by atoms with Crippen LogP contribution < -0.4 is 5.32 Å². The Labute approximate surface area is 119 Å². The van der Waals surface area contributed by atoms with Crippen LogP contribution in [0.2, 0.25) is 0 Å². The molecule has 2 amide bonds. The molecule has 1 rings (SSSR count). The predicted octanol–water partition coefficient (Wildman–Crippen LogP) is 1.62. The van der Waals surface area contributed by atoms with Crippen LogP contribution in [0.5, 0.6) is 0 Å². The molecule has 1 heterocycles. The summed E-state index contributed by atoms with van der Waals surface area (Å²) in [6, 6.07) is -0.339. The number of aliphatic carboxylic acids is 1. The number of hydrogen-bond acceptors (Lipinski definition) is 3. The molecule has 0 aromatic carbocycles. The van der Waals surface area contributed by atoms with Gasteiger partial charge in [-0.3, -0.25) is 0 Å². The summed E-state index contributed by atoms with van der Waals surface area (Å²) in [7, 11) is 0. The third-order valence-electron chi connectivity index (χ3n) is 3.47. The number of carbonyl (C=O) groups is 2. The predicted molar refractivity (Wildman–Crippen MR) is 75.6 cm³/mol. The highest BCUT2D eigenvalue weighted by atomic mass is 16.5. The summed E-state index contributed by atoms with van der Waals surface area (Å²) in [6.07, 6.45) is 2.15. The van der Waals surface area contributed by atoms with Crippen molar-refractivity contribution in [3.63, 3.8) is 0 Å². The average Bonchev–Trinajstić information content (AvgIpc) is 2.38. The Balaban J connectivity index is 2.44. The fourth-order valence-electron chi connectivity index (χ4n) is 2.24. The molecule has 0 bridgehead atoms. The van der Waals surface area contributed by atoms with Gasteiger partial charge in [0.1, 0.15) is 5.54 Å². The molecule has 1 unspecified atom stereocenters. The van der Waals surface area contributed by atoms with Crippen molar-refractivity contribution in [2.75, 3.05) is 26.3 Å². The quantitative estimate of drug-likeness (QED) is 0.574. The highest BCUT2D eigenvalue weighted by Gasteiger charge is 2.43. The minimum Gasteiger partial charge on any atom is -0.480 e. The fourth-order valence-corrected chi connectivity index (χ4v) is 2.24. The summed E-state index contributed by atoms with van der Waals surface area (Å²) in [6.45, 7) is 8.87. The summed E-state index contributed by atoms with van der Waals surface area (Å²) in [4.78, 5) is 24.9. The van der Waals surface area contributed by atoms with Crippen LogP contribution in [-0.4, -0.2) is 53.8 Å². The molecule has 6 nitrogen and oxygen atoms in total. The standard InChI is InChI=1S/C14H24N2O4/c1-11(2)10-20-9-7-15-13(19)16-8-5-4-6-14(16,3)12(17)18/h1,4-10H2,2-3H3,(H,15,19)(H,17,18). The number of urea groups is 1. The van der Waals surface area contributed by atoms with E-state index in [-0.39, 0.29) is 6.03 Å². The molecule has 20 heavy (non-hydrogen) atoms. The number of carboxylic acid groups (broad SMARTS) is 1. The highest BCUT2D eigenvalue weighted by molar-refractivity contribution is 5.86. The van der Waals surface area contributed by atoms with Crippen LogP contribution in [0.3, 0.4) is 0 Å². The van der Waals surface area contributed by atoms with Gasteiger partial charge in [0.05, 0.1) is 13.2 Å². The van der Waals surface area contributed by atoms with Gasteiger partial charge in [-0.15, -0.1) is 0 Å². The van der Waals surface area contributed by atoms with Gasteiger partial charge in [-0.25, -0.2) is 9.59 Å². The van der Waals surface area contributed by atoms with Crippen molar-refractivity contribution in [2.24, 2.45) is 0 Å². The lowest BCUT2D eigenvalue weighted by Crippen LogP contribution is -2.60. The second-order valence-corrected chi connectivity index (χ2v) is 5.43. The van der Waals surface area contributed by atoms with E-state index in [1.165, 1.54) is 4.90 Å². The van der Waals surface area contributed by atoms with Crippen LogP contribution in [0.15, 0.2) is 12.2 Å². The highest BCUT2D eigenvalue weighted by Crippen LogP contribution is 2.28. The summed E-state index contributed by atoms with van der Waals surface area (Å²) >= 11 is 0. The fraction of sp³-hybridized carbons (Fsp3) is 0.714. The van der Waals surface area contributed by atoms with Crippen LogP contribution in [0.25, 0.3) is 0 Å². The number of carboxylic acids is 1. The molecule has 0 radical (unpaired) electrons. The zero-order valence-corrected chi connectivity index (χ0v) is 12.3. The molecule has 1 fully saturated rings. The Hall–Kier alpha value is -1.56. The lowest BCUT2D eigenvalue weighted by molar-refractivity contribution is -0.150. The second kappa shape index (κ2) is 7.28. The molecule has 1 aliphatic heterocycles. The normalized spacial score (nSPS) is 22.4. The van der Waals surface area contributed by atoms with Gasteiger partial charge >= 0.3 is 12.0 Å². The molecular weight excluding hydrogens is 260 g/mol. The Morgan fingerprint density at radius 1 is 1.45 bits per heavy atom. The van der Waals surface area contributed by atoms with Crippen molar-refractivity contribution in [1.82, 2.24) is 10.2 Å². The summed E-state index contributed by atoms with van der Waals surface area (Å²) in [5, 5.41) is 12.0. The summed E-state index contributed by atoms with van der Waals surface area (Å²) in [5.74, 6) is -0.953. The number of piperidine rings is 1. The van der Waals surface area contributed by atoms with Crippen molar-refractivity contribution in [1.29, 1.82) is 0 Å². The molecule has 0 saturated carbocycles. The van der Waals surface area contributed by atoms with Gasteiger partial charge in [-0.1, -0.05) is 12.2 Å². The maximum Gasteiger partial charge on any atom is 0.329 e. The van der Waals surface area contributed by atoms with Gasteiger partial charge in [0, 0.05) is 13.1 Å². The average molecular weight is 284 g/mol. The lowest BCUT2D eigenvalue weighted by atomic mass is 9.89. The molecule has 0 aromatic rings. The maximum atomic E-state index is 12.1. The Morgan fingerprint density at radius 2 is 2.15 bits per heavy atom. The van der Waals surface area contributed by atoms with E-state index in [0.29, 0.717) is 32.7 Å². The zero-order valence-electron chi connectivity index (χ0n) is 12.3. The third-order valence-corrected chi connectivity index (χ3v) is 3.47. The molecule has 0 aliphatic carbocycles. The largest absolute Gasteiger partial charge is 0.480 e. The molecule has 2 N–H and O–H groups in total. The van der Waals surface area contributed by atoms with E-state index in [2.05, 4.69) is 11.9 Å². The van der Waals surface area contributed by atoms with Gasteiger partial charge in [-0.2, -0.15) is 0 Å². The van der Waals surface area contributed by atoms with Crippen LogP contribution >= 0.6 is 0 Å². The van der Waals surface area contributed by atoms with Crippen molar-refractivity contribution in [3.8, 4) is 0 Å². The number of carbonyl (C=O) groups excluding carboxylic acids is 1. The Bertz CT molecular complexity index is 383. The maximum absolute atomic E-state index is 12.1. The first-order valence-electron chi connectivity index (χ1n) is 6.89. The first-order valence-corrected chi connectivity index (χ1v) is 6.89. The number of hydrogen-bond donors (Lipinski definition) is 2.